The van der Waals surface area contributed by atoms with Crippen molar-refractivity contribution in [3.05, 3.63) is 29.8 Å². The Bertz CT molecular complexity index is 532. The highest BCUT2D eigenvalue weighted by molar-refractivity contribution is 6.10. The maximum atomic E-state index is 13.0. The van der Waals surface area contributed by atoms with Crippen LogP contribution in [-0.2, 0) is 9.59 Å². The molecule has 4 heteroatoms. The van der Waals surface area contributed by atoms with Gasteiger partial charge in [0, 0.05) is 5.69 Å². The zero-order valence-electron chi connectivity index (χ0n) is 13.3. The van der Waals surface area contributed by atoms with Crippen molar-refractivity contribution >= 4 is 17.5 Å². The predicted octanol–water partition coefficient (Wildman–Crippen LogP) is 2.80. The molecule has 1 aliphatic heterocycles. The fourth-order valence-corrected chi connectivity index (χ4v) is 2.96. The SMILES string of the molecule is CCC1C(=O)NC(CC)(CC)C(=O)N1c1ccc(C)cc1. The smallest absolute Gasteiger partial charge is 0.253 e. The van der Waals surface area contributed by atoms with Crippen LogP contribution in [0.3, 0.4) is 0 Å². The van der Waals surface area contributed by atoms with Crippen LogP contribution >= 0.6 is 0 Å². The molecule has 1 atom stereocenters. The first kappa shape index (κ1) is 15.5. The number of carbonyl (C=O) groups excluding carboxylic acids is 2. The Kier molecular flexibility index (Phi) is 4.35. The zero-order valence-corrected chi connectivity index (χ0v) is 13.3. The first-order valence-electron chi connectivity index (χ1n) is 7.71. The molecule has 0 bridgehead atoms. The lowest BCUT2D eigenvalue weighted by Crippen LogP contribution is -2.70. The summed E-state index contributed by atoms with van der Waals surface area (Å²) in [4.78, 5) is 27.2. The molecule has 1 saturated heterocycles. The number of nitrogens with one attached hydrogen (secondary N) is 1. The summed E-state index contributed by atoms with van der Waals surface area (Å²) in [7, 11) is 0. The van der Waals surface area contributed by atoms with Gasteiger partial charge in [-0.2, -0.15) is 0 Å². The van der Waals surface area contributed by atoms with E-state index < -0.39 is 11.6 Å². The summed E-state index contributed by atoms with van der Waals surface area (Å²) in [5, 5.41) is 2.96. The van der Waals surface area contributed by atoms with Gasteiger partial charge in [0.15, 0.2) is 0 Å². The molecule has 1 aliphatic rings. The van der Waals surface area contributed by atoms with Crippen LogP contribution in [0.4, 0.5) is 5.69 Å². The Hall–Kier alpha value is -1.84. The molecular formula is C17H24N2O2. The second-order valence-electron chi connectivity index (χ2n) is 5.71. The third kappa shape index (κ3) is 2.55. The molecule has 21 heavy (non-hydrogen) atoms. The minimum absolute atomic E-state index is 0.00260. The topological polar surface area (TPSA) is 49.4 Å². The van der Waals surface area contributed by atoms with Crippen LogP contribution in [0.15, 0.2) is 24.3 Å². The van der Waals surface area contributed by atoms with Crippen molar-refractivity contribution in [2.75, 3.05) is 4.90 Å². The summed E-state index contributed by atoms with van der Waals surface area (Å²) in [5.74, 6) is -0.0517. The number of carbonyl (C=O) groups is 2. The van der Waals surface area contributed by atoms with Crippen LogP contribution in [0.1, 0.15) is 45.6 Å². The van der Waals surface area contributed by atoms with Crippen molar-refractivity contribution in [1.29, 1.82) is 0 Å². The zero-order chi connectivity index (χ0) is 15.6. The van der Waals surface area contributed by atoms with Gasteiger partial charge >= 0.3 is 0 Å². The van der Waals surface area contributed by atoms with Crippen LogP contribution in [0, 0.1) is 6.92 Å². The summed E-state index contributed by atoms with van der Waals surface area (Å²) in [5.41, 5.74) is 1.17. The normalized spacial score (nSPS) is 21.3. The standard InChI is InChI=1S/C17H24N2O2/c1-5-14-15(20)18-17(6-2,7-3)16(21)19(14)13-10-8-12(4)9-11-13/h8-11,14H,5-7H2,1-4H3,(H,18,20). The van der Waals surface area contributed by atoms with Crippen LogP contribution in [0.25, 0.3) is 0 Å². The van der Waals surface area contributed by atoms with Crippen molar-refractivity contribution in [2.45, 2.75) is 58.5 Å². The van der Waals surface area contributed by atoms with E-state index in [-0.39, 0.29) is 11.8 Å². The molecule has 114 valence electrons. The van der Waals surface area contributed by atoms with Gasteiger partial charge < -0.3 is 5.32 Å². The van der Waals surface area contributed by atoms with Crippen LogP contribution in [0.2, 0.25) is 0 Å². The fraction of sp³-hybridized carbons (Fsp3) is 0.529. The summed E-state index contributed by atoms with van der Waals surface area (Å²) < 4.78 is 0. The van der Waals surface area contributed by atoms with Gasteiger partial charge in [0.2, 0.25) is 5.91 Å². The van der Waals surface area contributed by atoms with Crippen LogP contribution < -0.4 is 10.2 Å². The summed E-state index contributed by atoms with van der Waals surface area (Å²) in [6.07, 6.45) is 1.81. The highest BCUT2D eigenvalue weighted by Gasteiger charge is 2.48. The first-order valence-corrected chi connectivity index (χ1v) is 7.71. The van der Waals surface area contributed by atoms with E-state index in [1.165, 1.54) is 0 Å². The number of amides is 2. The van der Waals surface area contributed by atoms with Gasteiger partial charge in [-0.1, -0.05) is 38.5 Å². The van der Waals surface area contributed by atoms with E-state index in [1.54, 1.807) is 4.90 Å². The van der Waals surface area contributed by atoms with Crippen molar-refractivity contribution in [3.8, 4) is 0 Å². The van der Waals surface area contributed by atoms with Gasteiger partial charge in [0.1, 0.15) is 11.6 Å². The Morgan fingerprint density at radius 2 is 1.67 bits per heavy atom. The largest absolute Gasteiger partial charge is 0.340 e. The van der Waals surface area contributed by atoms with Gasteiger partial charge in [-0.15, -0.1) is 0 Å². The van der Waals surface area contributed by atoms with E-state index in [0.29, 0.717) is 19.3 Å². The van der Waals surface area contributed by atoms with E-state index in [9.17, 15) is 9.59 Å². The van der Waals surface area contributed by atoms with Gasteiger partial charge in [-0.25, -0.2) is 0 Å². The molecule has 2 rings (SSSR count). The first-order chi connectivity index (χ1) is 9.99. The van der Waals surface area contributed by atoms with Gasteiger partial charge in [-0.05, 0) is 38.3 Å². The Morgan fingerprint density at radius 1 is 1.10 bits per heavy atom. The number of hydrogen-bond donors (Lipinski definition) is 1. The van der Waals surface area contributed by atoms with Crippen LogP contribution in [0.5, 0.6) is 0 Å². The van der Waals surface area contributed by atoms with Gasteiger partial charge in [-0.3, -0.25) is 14.5 Å². The molecule has 0 spiro atoms. The summed E-state index contributed by atoms with van der Waals surface area (Å²) in [6, 6.07) is 7.37. The van der Waals surface area contributed by atoms with E-state index in [1.807, 2.05) is 52.0 Å². The maximum Gasteiger partial charge on any atom is 0.253 e. The fourth-order valence-electron chi connectivity index (χ4n) is 2.96. The Morgan fingerprint density at radius 3 is 2.14 bits per heavy atom. The molecule has 1 aromatic carbocycles. The second-order valence-corrected chi connectivity index (χ2v) is 5.71. The van der Waals surface area contributed by atoms with Crippen molar-refractivity contribution in [2.24, 2.45) is 0 Å². The lowest BCUT2D eigenvalue weighted by Gasteiger charge is -2.45. The average Bonchev–Trinajstić information content (AvgIpc) is 2.50. The minimum atomic E-state index is -0.770. The molecule has 0 saturated carbocycles. The highest BCUT2D eigenvalue weighted by Crippen LogP contribution is 2.30. The van der Waals surface area contributed by atoms with Gasteiger partial charge in [0.05, 0.1) is 0 Å². The second kappa shape index (κ2) is 5.88. The molecular weight excluding hydrogens is 264 g/mol. The summed E-state index contributed by atoms with van der Waals surface area (Å²) in [6.45, 7) is 7.83. The van der Waals surface area contributed by atoms with Crippen molar-refractivity contribution in [3.63, 3.8) is 0 Å². The van der Waals surface area contributed by atoms with Crippen molar-refractivity contribution < 1.29 is 9.59 Å². The molecule has 1 aromatic rings. The molecule has 2 amide bonds. The number of benzene rings is 1. The molecule has 0 aliphatic carbocycles. The van der Waals surface area contributed by atoms with Crippen LogP contribution in [-0.4, -0.2) is 23.4 Å². The third-order valence-corrected chi connectivity index (χ3v) is 4.51. The number of rotatable bonds is 4. The number of anilines is 1. The number of piperazine rings is 1. The average molecular weight is 288 g/mol. The van der Waals surface area contributed by atoms with E-state index in [2.05, 4.69) is 5.32 Å². The highest BCUT2D eigenvalue weighted by atomic mass is 16.2. The third-order valence-electron chi connectivity index (χ3n) is 4.51. The number of hydrogen-bond acceptors (Lipinski definition) is 2. The molecule has 4 nitrogen and oxygen atoms in total. The van der Waals surface area contributed by atoms with E-state index in [4.69, 9.17) is 0 Å². The molecule has 1 N–H and O–H groups in total. The lowest BCUT2D eigenvalue weighted by molar-refractivity contribution is -0.138. The Labute approximate surface area is 126 Å². The van der Waals surface area contributed by atoms with E-state index >= 15 is 0 Å². The monoisotopic (exact) mass is 288 g/mol. The number of aryl methyl sites for hydroxylation is 1. The molecule has 0 aromatic heterocycles. The lowest BCUT2D eigenvalue weighted by atomic mass is 9.86. The Balaban J connectivity index is 2.49. The maximum absolute atomic E-state index is 13.0. The van der Waals surface area contributed by atoms with E-state index in [0.717, 1.165) is 11.3 Å². The number of nitrogens with zero attached hydrogens (tertiary/aromatic N) is 1. The quantitative estimate of drug-likeness (QED) is 0.926. The molecule has 1 unspecified atom stereocenters. The molecule has 1 fully saturated rings. The van der Waals surface area contributed by atoms with Crippen molar-refractivity contribution in [1.82, 2.24) is 5.32 Å². The molecule has 0 radical (unpaired) electrons. The molecule has 1 heterocycles. The predicted molar refractivity (Wildman–Crippen MR) is 84.2 cm³/mol. The minimum Gasteiger partial charge on any atom is -0.340 e. The summed E-state index contributed by atoms with van der Waals surface area (Å²) >= 11 is 0. The van der Waals surface area contributed by atoms with Gasteiger partial charge in [0.25, 0.3) is 5.91 Å².